The molecule has 0 radical (unpaired) electrons. The Morgan fingerprint density at radius 3 is 2.57 bits per heavy atom. The molecule has 0 saturated carbocycles. The molecule has 0 aliphatic carbocycles. The van der Waals surface area contributed by atoms with Crippen LogP contribution in [0.25, 0.3) is 0 Å². The fraction of sp³-hybridized carbons (Fsp3) is 0.286. The molecule has 0 unspecified atom stereocenters. The molecule has 1 aromatic heterocycles. The summed E-state index contributed by atoms with van der Waals surface area (Å²) in [6.45, 7) is -4.84. The average molecular weight is 229 g/mol. The van der Waals surface area contributed by atoms with Crippen molar-refractivity contribution in [2.75, 3.05) is 7.11 Å². The number of methoxy groups -OCH3 is 1. The van der Waals surface area contributed by atoms with Gasteiger partial charge >= 0.3 is 58.4 Å². The second-order valence-electron chi connectivity index (χ2n) is 2.59. The van der Waals surface area contributed by atoms with Crippen molar-refractivity contribution in [2.45, 2.75) is 6.61 Å². The van der Waals surface area contributed by atoms with E-state index >= 15 is 0 Å². The minimum atomic E-state index is -4.93. The second-order valence-corrected chi connectivity index (χ2v) is 2.59. The van der Waals surface area contributed by atoms with Crippen molar-refractivity contribution in [3.8, 4) is 0 Å². The van der Waals surface area contributed by atoms with E-state index in [0.717, 1.165) is 18.3 Å². The van der Waals surface area contributed by atoms with Crippen LogP contribution in [-0.4, -0.2) is 19.1 Å². The van der Waals surface area contributed by atoms with Crippen molar-refractivity contribution in [3.63, 3.8) is 0 Å². The standard InChI is InChI=1S/C7H8BF3NO.K/c1-13-5-7-4-6(2-3-12-7)8(9,10)11;/h2-4H,5H2,1H3;/q-1;+1. The largest absolute Gasteiger partial charge is 1.00 e. The molecule has 0 aliphatic heterocycles. The summed E-state index contributed by atoms with van der Waals surface area (Å²) in [4.78, 5) is 3.73. The Morgan fingerprint density at radius 2 is 2.07 bits per heavy atom. The average Bonchev–Trinajstić information content (AvgIpc) is 2.04. The predicted octanol–water partition coefficient (Wildman–Crippen LogP) is -1.71. The van der Waals surface area contributed by atoms with Crippen LogP contribution >= 0.6 is 0 Å². The second kappa shape index (κ2) is 6.24. The van der Waals surface area contributed by atoms with Gasteiger partial charge in [0.25, 0.3) is 0 Å². The summed E-state index contributed by atoms with van der Waals surface area (Å²) in [5, 5.41) is 0. The first-order valence-corrected chi connectivity index (χ1v) is 3.67. The molecule has 0 aliphatic rings. The molecule has 0 atom stereocenters. The molecule has 1 aromatic rings. The Labute approximate surface area is 123 Å². The Balaban J connectivity index is 0.00000169. The number of rotatable bonds is 3. The van der Waals surface area contributed by atoms with Crippen LogP contribution in [0.3, 0.4) is 0 Å². The zero-order valence-corrected chi connectivity index (χ0v) is 11.1. The van der Waals surface area contributed by atoms with Crippen LogP contribution in [0, 0.1) is 0 Å². The third-order valence-corrected chi connectivity index (χ3v) is 1.51. The van der Waals surface area contributed by atoms with Crippen molar-refractivity contribution in [2.24, 2.45) is 0 Å². The van der Waals surface area contributed by atoms with Crippen LogP contribution in [-0.2, 0) is 11.3 Å². The number of halogens is 3. The molecule has 0 saturated heterocycles. The quantitative estimate of drug-likeness (QED) is 0.575. The van der Waals surface area contributed by atoms with Gasteiger partial charge in [0, 0.05) is 13.3 Å². The number of nitrogens with zero attached hydrogens (tertiary/aromatic N) is 1. The molecule has 0 fully saturated rings. The van der Waals surface area contributed by atoms with Crippen LogP contribution in [0.15, 0.2) is 18.3 Å². The van der Waals surface area contributed by atoms with E-state index in [9.17, 15) is 12.9 Å². The van der Waals surface area contributed by atoms with Crippen LogP contribution in [0.4, 0.5) is 12.9 Å². The molecule has 1 rings (SSSR count). The number of hydrogen-bond acceptors (Lipinski definition) is 2. The van der Waals surface area contributed by atoms with Crippen LogP contribution in [0.2, 0.25) is 0 Å². The van der Waals surface area contributed by atoms with Crippen molar-refractivity contribution in [1.82, 2.24) is 4.98 Å². The third-order valence-electron chi connectivity index (χ3n) is 1.51. The van der Waals surface area contributed by atoms with Gasteiger partial charge in [-0.05, 0) is 0 Å². The minimum Gasteiger partial charge on any atom is -0.445 e. The monoisotopic (exact) mass is 229 g/mol. The van der Waals surface area contributed by atoms with Crippen molar-refractivity contribution >= 4 is 12.4 Å². The first-order valence-electron chi connectivity index (χ1n) is 3.67. The first-order chi connectivity index (χ1) is 6.04. The summed E-state index contributed by atoms with van der Waals surface area (Å²) in [6.07, 6.45) is 1.14. The van der Waals surface area contributed by atoms with E-state index < -0.39 is 12.4 Å². The van der Waals surface area contributed by atoms with Gasteiger partial charge < -0.3 is 17.7 Å². The summed E-state index contributed by atoms with van der Waals surface area (Å²) in [7, 11) is 1.41. The first kappa shape index (κ1) is 14.6. The van der Waals surface area contributed by atoms with Gasteiger partial charge in [0.2, 0.25) is 0 Å². The van der Waals surface area contributed by atoms with E-state index in [1.807, 2.05) is 0 Å². The van der Waals surface area contributed by atoms with Gasteiger partial charge in [0.15, 0.2) is 0 Å². The van der Waals surface area contributed by atoms with E-state index in [2.05, 4.69) is 9.72 Å². The summed E-state index contributed by atoms with van der Waals surface area (Å²) >= 11 is 0. The molecular formula is C7H8BF3KNO. The molecule has 7 heteroatoms. The molecule has 1 heterocycles. The maximum Gasteiger partial charge on any atom is 1.00 e. The molecular weight excluding hydrogens is 221 g/mol. The fourth-order valence-corrected chi connectivity index (χ4v) is 0.927. The van der Waals surface area contributed by atoms with Gasteiger partial charge in [-0.1, -0.05) is 12.1 Å². The zero-order chi connectivity index (χ0) is 9.90. The van der Waals surface area contributed by atoms with Crippen molar-refractivity contribution in [3.05, 3.63) is 24.0 Å². The third kappa shape index (κ3) is 4.41. The Bertz CT molecular complexity index is 295. The summed E-state index contributed by atoms with van der Waals surface area (Å²) in [6, 6.07) is 1.96. The summed E-state index contributed by atoms with van der Waals surface area (Å²) in [5.41, 5.74) is -0.346. The van der Waals surface area contributed by atoms with Gasteiger partial charge in [0.1, 0.15) is 0 Å². The zero-order valence-electron chi connectivity index (χ0n) is 8.01. The SMILES string of the molecule is COCc1cc([B-](F)(F)F)ccn1.[K+]. The van der Waals surface area contributed by atoms with Crippen molar-refractivity contribution < 1.29 is 69.1 Å². The van der Waals surface area contributed by atoms with Gasteiger partial charge in [-0.2, -0.15) is 0 Å². The normalized spacial score (nSPS) is 10.9. The minimum absolute atomic E-state index is 0. The smallest absolute Gasteiger partial charge is 0.445 e. The van der Waals surface area contributed by atoms with Crippen LogP contribution in [0.5, 0.6) is 0 Å². The van der Waals surface area contributed by atoms with Crippen LogP contribution in [0.1, 0.15) is 5.69 Å². The van der Waals surface area contributed by atoms with E-state index in [0.29, 0.717) is 5.69 Å². The van der Waals surface area contributed by atoms with Gasteiger partial charge in [-0.25, -0.2) is 0 Å². The molecule has 0 spiro atoms. The molecule has 0 amide bonds. The molecule has 0 N–H and O–H groups in total. The van der Waals surface area contributed by atoms with E-state index in [1.165, 1.54) is 7.11 Å². The molecule has 0 bridgehead atoms. The number of hydrogen-bond donors (Lipinski definition) is 0. The van der Waals surface area contributed by atoms with Crippen LogP contribution < -0.4 is 56.8 Å². The summed E-state index contributed by atoms with van der Waals surface area (Å²) in [5.74, 6) is 0. The van der Waals surface area contributed by atoms with Gasteiger partial charge in [0.05, 0.1) is 12.3 Å². The van der Waals surface area contributed by atoms with E-state index in [4.69, 9.17) is 0 Å². The van der Waals surface area contributed by atoms with Gasteiger partial charge in [-0.3, -0.25) is 4.98 Å². The predicted molar refractivity (Wildman–Crippen MR) is 43.7 cm³/mol. The fourth-order valence-electron chi connectivity index (χ4n) is 0.927. The Hall–Kier alpha value is 0.601. The molecule has 2 nitrogen and oxygen atoms in total. The van der Waals surface area contributed by atoms with E-state index in [1.54, 1.807) is 0 Å². The summed E-state index contributed by atoms with van der Waals surface area (Å²) < 4.78 is 41.3. The maximum absolute atomic E-state index is 12.2. The molecule has 0 aromatic carbocycles. The molecule has 72 valence electrons. The molecule has 14 heavy (non-hydrogen) atoms. The van der Waals surface area contributed by atoms with E-state index in [-0.39, 0.29) is 58.0 Å². The Morgan fingerprint density at radius 1 is 1.43 bits per heavy atom. The maximum atomic E-state index is 12.2. The number of pyridine rings is 1. The Kier molecular flexibility index (Phi) is 6.51. The number of ether oxygens (including phenoxy) is 1. The topological polar surface area (TPSA) is 22.1 Å². The number of aromatic nitrogens is 1. The van der Waals surface area contributed by atoms with Gasteiger partial charge in [-0.15, -0.1) is 5.46 Å². The van der Waals surface area contributed by atoms with Crippen molar-refractivity contribution in [1.29, 1.82) is 0 Å².